The third kappa shape index (κ3) is 1.96. The van der Waals surface area contributed by atoms with Gasteiger partial charge < -0.3 is 9.64 Å². The molecule has 14 heavy (non-hydrogen) atoms. The first-order valence-corrected chi connectivity index (χ1v) is 6.29. The molecule has 4 heteroatoms. The average Bonchev–Trinajstić information content (AvgIpc) is 2.62. The van der Waals surface area contributed by atoms with Gasteiger partial charge in [0, 0.05) is 26.3 Å². The van der Waals surface area contributed by atoms with Crippen molar-refractivity contribution in [1.29, 1.82) is 0 Å². The zero-order valence-electron chi connectivity index (χ0n) is 8.30. The fourth-order valence-corrected chi connectivity index (χ4v) is 2.80. The van der Waals surface area contributed by atoms with Gasteiger partial charge in [-0.3, -0.25) is 4.79 Å². The van der Waals surface area contributed by atoms with Crippen LogP contribution in [0.4, 0.5) is 0 Å². The van der Waals surface area contributed by atoms with Crippen molar-refractivity contribution in [1.82, 2.24) is 4.90 Å². The molecule has 2 rings (SSSR count). The van der Waals surface area contributed by atoms with Gasteiger partial charge in [-0.05, 0) is 24.7 Å². The molecule has 3 nitrogen and oxygen atoms in total. The molecule has 2 heterocycles. The van der Waals surface area contributed by atoms with E-state index < -0.39 is 0 Å². The summed E-state index contributed by atoms with van der Waals surface area (Å²) in [5, 5.41) is 0.458. The molecule has 2 aliphatic heterocycles. The predicted octanol–water partition coefficient (Wildman–Crippen LogP) is 1.41. The van der Waals surface area contributed by atoms with Crippen LogP contribution in [0.1, 0.15) is 19.3 Å². The van der Waals surface area contributed by atoms with Crippen LogP contribution in [0.2, 0.25) is 0 Å². The Hall–Kier alpha value is -0.0900. The third-order valence-corrected chi connectivity index (χ3v) is 3.94. The quantitative estimate of drug-likeness (QED) is 0.669. The lowest BCUT2D eigenvalue weighted by molar-refractivity contribution is -0.128. The summed E-state index contributed by atoms with van der Waals surface area (Å²) in [6.45, 7) is 3.62. The minimum Gasteiger partial charge on any atom is -0.381 e. The van der Waals surface area contributed by atoms with E-state index in [1.807, 2.05) is 4.90 Å². The van der Waals surface area contributed by atoms with Gasteiger partial charge in [0.2, 0.25) is 5.91 Å². The van der Waals surface area contributed by atoms with E-state index >= 15 is 0 Å². The molecule has 80 valence electrons. The zero-order valence-corrected chi connectivity index (χ0v) is 9.88. The molecule has 0 saturated carbocycles. The molecule has 0 unspecified atom stereocenters. The van der Waals surface area contributed by atoms with E-state index in [9.17, 15) is 4.79 Å². The Morgan fingerprint density at radius 2 is 2.07 bits per heavy atom. The van der Waals surface area contributed by atoms with Gasteiger partial charge in [0.05, 0.1) is 5.33 Å². The summed E-state index contributed by atoms with van der Waals surface area (Å²) in [5.41, 5.74) is 0.385. The SMILES string of the molecule is O=C(CBr)N1CCC2(CCOCC2)C1. The number of amides is 1. The summed E-state index contributed by atoms with van der Waals surface area (Å²) in [5.74, 6) is 0.230. The van der Waals surface area contributed by atoms with Gasteiger partial charge in [-0.1, -0.05) is 15.9 Å². The highest BCUT2D eigenvalue weighted by molar-refractivity contribution is 9.09. The van der Waals surface area contributed by atoms with Gasteiger partial charge in [0.25, 0.3) is 0 Å². The number of hydrogen-bond acceptors (Lipinski definition) is 2. The Labute approximate surface area is 92.9 Å². The molecule has 0 aliphatic carbocycles. The molecule has 0 aromatic rings. The summed E-state index contributed by atoms with van der Waals surface area (Å²) in [4.78, 5) is 13.5. The second-order valence-electron chi connectivity index (χ2n) is 4.31. The number of nitrogens with zero attached hydrogens (tertiary/aromatic N) is 1. The van der Waals surface area contributed by atoms with Crippen molar-refractivity contribution in [2.75, 3.05) is 31.6 Å². The van der Waals surface area contributed by atoms with Crippen LogP contribution in [-0.4, -0.2) is 42.4 Å². The largest absolute Gasteiger partial charge is 0.381 e. The summed E-state index contributed by atoms with van der Waals surface area (Å²) in [6, 6.07) is 0. The zero-order chi connectivity index (χ0) is 10.0. The molecular formula is C10H16BrNO2. The van der Waals surface area contributed by atoms with E-state index in [1.54, 1.807) is 0 Å². The first-order valence-electron chi connectivity index (χ1n) is 5.17. The molecule has 0 atom stereocenters. The number of halogens is 1. The molecule has 0 aromatic carbocycles. The summed E-state index contributed by atoms with van der Waals surface area (Å²) in [7, 11) is 0. The fraction of sp³-hybridized carbons (Fsp3) is 0.900. The standard InChI is InChI=1S/C10H16BrNO2/c11-7-9(13)12-4-1-10(8-12)2-5-14-6-3-10/h1-8H2. The van der Waals surface area contributed by atoms with Gasteiger partial charge in [0.15, 0.2) is 0 Å². The number of alkyl halides is 1. The van der Waals surface area contributed by atoms with Gasteiger partial charge in [-0.2, -0.15) is 0 Å². The number of rotatable bonds is 1. The average molecular weight is 262 g/mol. The minimum absolute atomic E-state index is 0.230. The van der Waals surface area contributed by atoms with E-state index in [4.69, 9.17) is 4.74 Å². The van der Waals surface area contributed by atoms with Gasteiger partial charge in [0.1, 0.15) is 0 Å². The van der Waals surface area contributed by atoms with E-state index in [-0.39, 0.29) is 5.91 Å². The van der Waals surface area contributed by atoms with E-state index in [0.29, 0.717) is 10.7 Å². The molecular weight excluding hydrogens is 246 g/mol. The van der Waals surface area contributed by atoms with Crippen LogP contribution < -0.4 is 0 Å². The van der Waals surface area contributed by atoms with Crippen molar-refractivity contribution < 1.29 is 9.53 Å². The van der Waals surface area contributed by atoms with Crippen molar-refractivity contribution in [3.63, 3.8) is 0 Å². The number of ether oxygens (including phenoxy) is 1. The third-order valence-electron chi connectivity index (χ3n) is 3.46. The molecule has 0 N–H and O–H groups in total. The van der Waals surface area contributed by atoms with Crippen LogP contribution in [0.5, 0.6) is 0 Å². The lowest BCUT2D eigenvalue weighted by Crippen LogP contribution is -2.35. The summed E-state index contributed by atoms with van der Waals surface area (Å²) >= 11 is 3.22. The maximum absolute atomic E-state index is 11.5. The van der Waals surface area contributed by atoms with Crippen LogP contribution in [0.25, 0.3) is 0 Å². The van der Waals surface area contributed by atoms with Crippen molar-refractivity contribution in [2.45, 2.75) is 19.3 Å². The maximum atomic E-state index is 11.5. The highest BCUT2D eigenvalue weighted by Gasteiger charge is 2.40. The fourth-order valence-electron chi connectivity index (χ4n) is 2.45. The number of hydrogen-bond donors (Lipinski definition) is 0. The Bertz CT molecular complexity index is 226. The lowest BCUT2D eigenvalue weighted by Gasteiger charge is -2.33. The molecule has 0 aromatic heterocycles. The number of carbonyl (C=O) groups excluding carboxylic acids is 1. The van der Waals surface area contributed by atoms with Crippen molar-refractivity contribution in [3.8, 4) is 0 Å². The van der Waals surface area contributed by atoms with Gasteiger partial charge in [-0.25, -0.2) is 0 Å². The Kier molecular flexibility index (Phi) is 3.12. The Morgan fingerprint density at radius 3 is 2.71 bits per heavy atom. The van der Waals surface area contributed by atoms with Crippen molar-refractivity contribution in [2.24, 2.45) is 5.41 Å². The predicted molar refractivity (Wildman–Crippen MR) is 57.5 cm³/mol. The van der Waals surface area contributed by atoms with Crippen molar-refractivity contribution in [3.05, 3.63) is 0 Å². The van der Waals surface area contributed by atoms with Crippen LogP contribution in [0, 0.1) is 5.41 Å². The molecule has 0 bridgehead atoms. The Morgan fingerprint density at radius 1 is 1.36 bits per heavy atom. The number of likely N-dealkylation sites (tertiary alicyclic amines) is 1. The topological polar surface area (TPSA) is 29.5 Å². The second-order valence-corrected chi connectivity index (χ2v) is 4.87. The molecule has 0 radical (unpaired) electrons. The first kappa shape index (κ1) is 10.4. The van der Waals surface area contributed by atoms with Gasteiger partial charge in [-0.15, -0.1) is 0 Å². The summed E-state index contributed by atoms with van der Waals surface area (Å²) < 4.78 is 5.37. The second kappa shape index (κ2) is 4.19. The van der Waals surface area contributed by atoms with Crippen LogP contribution in [0.15, 0.2) is 0 Å². The molecule has 1 spiro atoms. The molecule has 2 fully saturated rings. The Balaban J connectivity index is 1.95. The van der Waals surface area contributed by atoms with E-state index in [0.717, 1.165) is 45.6 Å². The molecule has 1 amide bonds. The normalized spacial score (nSPS) is 25.6. The van der Waals surface area contributed by atoms with E-state index in [2.05, 4.69) is 15.9 Å². The first-order chi connectivity index (χ1) is 6.76. The lowest BCUT2D eigenvalue weighted by atomic mass is 9.80. The molecule has 2 aliphatic rings. The maximum Gasteiger partial charge on any atom is 0.233 e. The minimum atomic E-state index is 0.230. The van der Waals surface area contributed by atoms with Crippen molar-refractivity contribution >= 4 is 21.8 Å². The van der Waals surface area contributed by atoms with E-state index in [1.165, 1.54) is 0 Å². The monoisotopic (exact) mass is 261 g/mol. The van der Waals surface area contributed by atoms with Crippen LogP contribution in [-0.2, 0) is 9.53 Å². The smallest absolute Gasteiger partial charge is 0.233 e. The van der Waals surface area contributed by atoms with Gasteiger partial charge >= 0.3 is 0 Å². The highest BCUT2D eigenvalue weighted by Crippen LogP contribution is 2.39. The molecule has 2 saturated heterocycles. The highest BCUT2D eigenvalue weighted by atomic mass is 79.9. The number of carbonyl (C=O) groups is 1. The van der Waals surface area contributed by atoms with Crippen LogP contribution >= 0.6 is 15.9 Å². The van der Waals surface area contributed by atoms with Crippen LogP contribution in [0.3, 0.4) is 0 Å². The summed E-state index contributed by atoms with van der Waals surface area (Å²) in [6.07, 6.45) is 3.41.